The molecular weight excluding hydrogens is 385 g/mol. The molecule has 0 radical (unpaired) electrons. The molecule has 3 aromatic rings. The predicted molar refractivity (Wildman–Crippen MR) is 108 cm³/mol. The fourth-order valence-electron chi connectivity index (χ4n) is 3.76. The minimum atomic E-state index is -1.29. The first kappa shape index (κ1) is 19.8. The number of alkyl halides is 1. The molecule has 1 N–H and O–H groups in total. The summed E-state index contributed by atoms with van der Waals surface area (Å²) in [5, 5.41) is 6.65. The van der Waals surface area contributed by atoms with Crippen molar-refractivity contribution in [1.82, 2.24) is 15.4 Å². The smallest absolute Gasteiger partial charge is 0.255 e. The van der Waals surface area contributed by atoms with Crippen LogP contribution in [-0.2, 0) is 17.8 Å². The van der Waals surface area contributed by atoms with Crippen LogP contribution < -0.4 is 5.32 Å². The zero-order valence-corrected chi connectivity index (χ0v) is 16.5. The summed E-state index contributed by atoms with van der Waals surface area (Å²) in [4.78, 5) is 27.2. The molecule has 1 aromatic heterocycles. The summed E-state index contributed by atoms with van der Waals surface area (Å²) in [7, 11) is 0. The molecule has 1 aliphatic rings. The summed E-state index contributed by atoms with van der Waals surface area (Å²) >= 11 is 0. The Morgan fingerprint density at radius 1 is 1.20 bits per heavy atom. The summed E-state index contributed by atoms with van der Waals surface area (Å²) < 4.78 is 19.9. The van der Waals surface area contributed by atoms with Crippen molar-refractivity contribution in [3.63, 3.8) is 0 Å². The van der Waals surface area contributed by atoms with Gasteiger partial charge >= 0.3 is 0 Å². The first-order valence-corrected chi connectivity index (χ1v) is 9.80. The third-order valence-electron chi connectivity index (χ3n) is 5.12. The summed E-state index contributed by atoms with van der Waals surface area (Å²) in [5.74, 6) is -0.0666. The first-order valence-electron chi connectivity index (χ1n) is 9.80. The minimum Gasteiger partial charge on any atom is -0.361 e. The lowest BCUT2D eigenvalue weighted by molar-refractivity contribution is -0.126. The Labute approximate surface area is 173 Å². The average Bonchev–Trinajstić information content (AvgIpc) is 3.28. The van der Waals surface area contributed by atoms with Crippen LogP contribution in [0.5, 0.6) is 0 Å². The fourth-order valence-corrected chi connectivity index (χ4v) is 3.76. The lowest BCUT2D eigenvalue weighted by atomic mass is 10.0. The van der Waals surface area contributed by atoms with E-state index in [0.29, 0.717) is 22.6 Å². The van der Waals surface area contributed by atoms with Crippen molar-refractivity contribution in [2.45, 2.75) is 32.1 Å². The number of benzene rings is 2. The lowest BCUT2D eigenvalue weighted by Crippen LogP contribution is -2.42. The molecule has 4 rings (SSSR count). The number of nitrogens with one attached hydrogen (secondary N) is 1. The zero-order chi connectivity index (χ0) is 21.1. The normalized spacial score (nSPS) is 16.4. The van der Waals surface area contributed by atoms with Gasteiger partial charge in [-0.05, 0) is 24.1 Å². The van der Waals surface area contributed by atoms with E-state index in [9.17, 15) is 14.0 Å². The van der Waals surface area contributed by atoms with Gasteiger partial charge in [0.15, 0.2) is 0 Å². The van der Waals surface area contributed by atoms with Crippen molar-refractivity contribution in [2.24, 2.45) is 0 Å². The maximum atomic E-state index is 14.9. The summed E-state index contributed by atoms with van der Waals surface area (Å²) in [6, 6.07) is 17.0. The monoisotopic (exact) mass is 407 g/mol. The quantitative estimate of drug-likeness (QED) is 0.652. The van der Waals surface area contributed by atoms with Crippen LogP contribution in [0.1, 0.15) is 39.0 Å². The third-order valence-corrected chi connectivity index (χ3v) is 5.12. The molecule has 0 fully saturated rings. The maximum Gasteiger partial charge on any atom is 0.255 e. The highest BCUT2D eigenvalue weighted by atomic mass is 19.1. The van der Waals surface area contributed by atoms with Crippen molar-refractivity contribution in [2.75, 3.05) is 6.54 Å². The summed E-state index contributed by atoms with van der Waals surface area (Å²) in [6.07, 6.45) is -1.12. The van der Waals surface area contributed by atoms with Gasteiger partial charge in [0.05, 0.1) is 13.1 Å². The molecule has 2 unspecified atom stereocenters. The second-order valence-electron chi connectivity index (χ2n) is 7.38. The molecule has 2 heterocycles. The number of rotatable bonds is 7. The molecule has 0 aliphatic carbocycles. The molecule has 154 valence electrons. The summed E-state index contributed by atoms with van der Waals surface area (Å²) in [5.41, 5.74) is 2.44. The van der Waals surface area contributed by atoms with E-state index in [2.05, 4.69) is 10.5 Å². The van der Waals surface area contributed by atoms with E-state index in [-0.39, 0.29) is 31.3 Å². The molecule has 1 aliphatic heterocycles. The fraction of sp³-hybridized carbons (Fsp3) is 0.261. The molecule has 2 amide bonds. The van der Waals surface area contributed by atoms with Crippen LogP contribution in [0, 0.1) is 6.92 Å². The second-order valence-corrected chi connectivity index (χ2v) is 7.38. The molecule has 7 heteroatoms. The highest BCUT2D eigenvalue weighted by molar-refractivity contribution is 6.04. The molecule has 0 spiro atoms. The third kappa shape index (κ3) is 4.10. The van der Waals surface area contributed by atoms with Gasteiger partial charge < -0.3 is 14.7 Å². The number of hydrogen-bond acceptors (Lipinski definition) is 4. The van der Waals surface area contributed by atoms with Crippen molar-refractivity contribution >= 4 is 11.8 Å². The van der Waals surface area contributed by atoms with Crippen LogP contribution in [0.4, 0.5) is 4.39 Å². The first-order chi connectivity index (χ1) is 14.5. The van der Waals surface area contributed by atoms with Crippen LogP contribution in [0.2, 0.25) is 0 Å². The second kappa shape index (κ2) is 8.49. The van der Waals surface area contributed by atoms with Crippen molar-refractivity contribution in [3.05, 3.63) is 88.8 Å². The van der Waals surface area contributed by atoms with Crippen LogP contribution in [-0.4, -0.2) is 34.6 Å². The number of hydrogen-bond donors (Lipinski definition) is 1. The largest absolute Gasteiger partial charge is 0.361 e. The number of amides is 2. The van der Waals surface area contributed by atoms with Crippen LogP contribution in [0.15, 0.2) is 65.2 Å². The Bertz CT molecular complexity index is 1050. The van der Waals surface area contributed by atoms with Gasteiger partial charge in [-0.25, -0.2) is 4.39 Å². The van der Waals surface area contributed by atoms with Crippen LogP contribution >= 0.6 is 0 Å². The molecule has 30 heavy (non-hydrogen) atoms. The predicted octanol–water partition coefficient (Wildman–Crippen LogP) is 3.38. The van der Waals surface area contributed by atoms with Gasteiger partial charge in [0, 0.05) is 18.1 Å². The molecule has 0 bridgehead atoms. The van der Waals surface area contributed by atoms with Gasteiger partial charge in [-0.3, -0.25) is 9.59 Å². The van der Waals surface area contributed by atoms with E-state index in [1.807, 2.05) is 30.3 Å². The standard InChI is InChI=1S/C23H22FN3O3/c1-15-11-18(26-30-15)13-25-22(28)21-19-9-5-6-10-20(19)23(29)27(21)14-17(24)12-16-7-3-2-4-8-16/h2-11,17,21H,12-14H2,1H3,(H,25,28). The Morgan fingerprint density at radius 2 is 1.93 bits per heavy atom. The van der Waals surface area contributed by atoms with E-state index in [1.165, 1.54) is 4.90 Å². The lowest BCUT2D eigenvalue weighted by Gasteiger charge is -2.26. The van der Waals surface area contributed by atoms with Gasteiger partial charge in [-0.2, -0.15) is 0 Å². The van der Waals surface area contributed by atoms with E-state index < -0.39 is 12.2 Å². The zero-order valence-electron chi connectivity index (χ0n) is 16.5. The van der Waals surface area contributed by atoms with Crippen molar-refractivity contribution < 1.29 is 18.5 Å². The van der Waals surface area contributed by atoms with Gasteiger partial charge in [0.1, 0.15) is 23.7 Å². The molecule has 2 atom stereocenters. The van der Waals surface area contributed by atoms with Crippen molar-refractivity contribution in [1.29, 1.82) is 0 Å². The van der Waals surface area contributed by atoms with Crippen LogP contribution in [0.25, 0.3) is 0 Å². The Hall–Kier alpha value is -3.48. The SMILES string of the molecule is Cc1cc(CNC(=O)C2c3ccccc3C(=O)N2CC(F)Cc2ccccc2)no1. The highest BCUT2D eigenvalue weighted by Gasteiger charge is 2.41. The van der Waals surface area contributed by atoms with E-state index in [0.717, 1.165) is 5.56 Å². The average molecular weight is 407 g/mol. The van der Waals surface area contributed by atoms with Gasteiger partial charge in [0.2, 0.25) is 5.91 Å². The highest BCUT2D eigenvalue weighted by Crippen LogP contribution is 2.34. The molecule has 0 saturated heterocycles. The molecular formula is C23H22FN3O3. The topological polar surface area (TPSA) is 75.4 Å². The van der Waals surface area contributed by atoms with Gasteiger partial charge in [0.25, 0.3) is 5.91 Å². The number of halogens is 1. The Balaban J connectivity index is 1.51. The number of carbonyl (C=O) groups is 2. The summed E-state index contributed by atoms with van der Waals surface area (Å²) in [6.45, 7) is 1.77. The van der Waals surface area contributed by atoms with Gasteiger partial charge in [-0.15, -0.1) is 0 Å². The van der Waals surface area contributed by atoms with Crippen LogP contribution in [0.3, 0.4) is 0 Å². The maximum absolute atomic E-state index is 14.9. The van der Waals surface area contributed by atoms with E-state index in [1.54, 1.807) is 37.3 Å². The Morgan fingerprint density at radius 3 is 2.67 bits per heavy atom. The molecule has 2 aromatic carbocycles. The van der Waals surface area contributed by atoms with Gasteiger partial charge in [-0.1, -0.05) is 53.7 Å². The number of fused-ring (bicyclic) bond motifs is 1. The molecule has 6 nitrogen and oxygen atoms in total. The number of carbonyl (C=O) groups excluding carboxylic acids is 2. The van der Waals surface area contributed by atoms with E-state index in [4.69, 9.17) is 4.52 Å². The number of nitrogens with zero attached hydrogens (tertiary/aromatic N) is 2. The number of aryl methyl sites for hydroxylation is 1. The van der Waals surface area contributed by atoms with E-state index >= 15 is 0 Å². The molecule has 0 saturated carbocycles. The van der Waals surface area contributed by atoms with Crippen molar-refractivity contribution in [3.8, 4) is 0 Å². The Kier molecular flexibility index (Phi) is 5.61. The minimum absolute atomic E-state index is 0.163. The number of aromatic nitrogens is 1.